The van der Waals surface area contributed by atoms with Crippen molar-refractivity contribution >= 4 is 0 Å². The first-order valence-electron chi connectivity index (χ1n) is 6.87. The van der Waals surface area contributed by atoms with E-state index in [-0.39, 0.29) is 0 Å². The molecule has 1 aromatic heterocycles. The fraction of sp³-hybridized carbons (Fsp3) is 0.846. The number of hydrogen-bond acceptors (Lipinski definition) is 3. The Kier molecular flexibility index (Phi) is 2.69. The van der Waals surface area contributed by atoms with Gasteiger partial charge in [-0.1, -0.05) is 12.8 Å². The van der Waals surface area contributed by atoms with Crippen LogP contribution in [0, 0.1) is 11.8 Å². The lowest BCUT2D eigenvalue weighted by molar-refractivity contribution is 0.480. The third-order valence-electron chi connectivity index (χ3n) is 4.45. The second-order valence-corrected chi connectivity index (χ2v) is 5.78. The maximum absolute atomic E-state index is 5.75. The van der Waals surface area contributed by atoms with E-state index in [1.807, 2.05) is 0 Å². The summed E-state index contributed by atoms with van der Waals surface area (Å²) in [6.07, 6.45) is 5.57. The average Bonchev–Trinajstić information content (AvgIpc) is 2.89. The molecule has 3 rings (SSSR count). The van der Waals surface area contributed by atoms with E-state index in [1.54, 1.807) is 0 Å². The second kappa shape index (κ2) is 4.09. The molecule has 1 aromatic rings. The summed E-state index contributed by atoms with van der Waals surface area (Å²) in [6.45, 7) is 4.88. The van der Waals surface area contributed by atoms with Crippen LogP contribution in [0.15, 0.2) is 0 Å². The average molecular weight is 234 g/mol. The van der Waals surface area contributed by atoms with E-state index < -0.39 is 0 Å². The number of aromatic nitrogens is 3. The van der Waals surface area contributed by atoms with Crippen LogP contribution >= 0.6 is 0 Å². The summed E-state index contributed by atoms with van der Waals surface area (Å²) in [5.41, 5.74) is 5.75. The van der Waals surface area contributed by atoms with Crippen molar-refractivity contribution in [3.63, 3.8) is 0 Å². The van der Waals surface area contributed by atoms with Crippen molar-refractivity contribution in [1.82, 2.24) is 14.8 Å². The molecule has 2 fully saturated rings. The van der Waals surface area contributed by atoms with Gasteiger partial charge in [0.25, 0.3) is 0 Å². The summed E-state index contributed by atoms with van der Waals surface area (Å²) >= 11 is 0. The van der Waals surface area contributed by atoms with E-state index in [0.29, 0.717) is 18.5 Å². The van der Waals surface area contributed by atoms with Crippen molar-refractivity contribution in [1.29, 1.82) is 0 Å². The molecular weight excluding hydrogens is 212 g/mol. The Morgan fingerprint density at radius 2 is 1.88 bits per heavy atom. The first-order chi connectivity index (χ1) is 8.24. The van der Waals surface area contributed by atoms with Gasteiger partial charge >= 0.3 is 0 Å². The van der Waals surface area contributed by atoms with Crippen molar-refractivity contribution in [2.24, 2.45) is 17.6 Å². The highest BCUT2D eigenvalue weighted by atomic mass is 15.3. The van der Waals surface area contributed by atoms with E-state index in [2.05, 4.69) is 28.6 Å². The molecule has 0 saturated heterocycles. The van der Waals surface area contributed by atoms with Gasteiger partial charge in [0.15, 0.2) is 0 Å². The standard InChI is InChI=1S/C13H22N4/c1-8(2)17-11(7-14)15-16-13(17)12-9-5-3-4-6-10(9)12/h8-10,12H,3-7,14H2,1-2H3. The van der Waals surface area contributed by atoms with E-state index >= 15 is 0 Å². The lowest BCUT2D eigenvalue weighted by Gasteiger charge is -2.13. The van der Waals surface area contributed by atoms with Crippen molar-refractivity contribution in [3.8, 4) is 0 Å². The number of fused-ring (bicyclic) bond motifs is 1. The SMILES string of the molecule is CC(C)n1c(CN)nnc1C1C2CCCCC21. The van der Waals surface area contributed by atoms with Crippen LogP contribution in [0.4, 0.5) is 0 Å². The molecule has 17 heavy (non-hydrogen) atoms. The van der Waals surface area contributed by atoms with Crippen LogP contribution in [0.25, 0.3) is 0 Å². The molecule has 0 spiro atoms. The number of nitrogens with zero attached hydrogens (tertiary/aromatic N) is 3. The molecule has 2 aliphatic rings. The van der Waals surface area contributed by atoms with Crippen LogP contribution in [0.1, 0.15) is 63.1 Å². The minimum absolute atomic E-state index is 0.418. The zero-order chi connectivity index (χ0) is 12.0. The van der Waals surface area contributed by atoms with Crippen LogP contribution in [-0.4, -0.2) is 14.8 Å². The van der Waals surface area contributed by atoms with Gasteiger partial charge in [0, 0.05) is 12.0 Å². The minimum Gasteiger partial charge on any atom is -0.324 e. The molecule has 2 atom stereocenters. The summed E-state index contributed by atoms with van der Waals surface area (Å²) in [5, 5.41) is 8.69. The molecule has 0 amide bonds. The van der Waals surface area contributed by atoms with Gasteiger partial charge in [-0.2, -0.15) is 0 Å². The summed E-state index contributed by atoms with van der Waals surface area (Å²) in [6, 6.07) is 0.418. The van der Waals surface area contributed by atoms with Crippen molar-refractivity contribution in [3.05, 3.63) is 11.6 Å². The predicted octanol–water partition coefficient (Wildman–Crippen LogP) is 2.22. The van der Waals surface area contributed by atoms with Crippen molar-refractivity contribution < 1.29 is 0 Å². The molecular formula is C13H22N4. The zero-order valence-electron chi connectivity index (χ0n) is 10.8. The number of rotatable bonds is 3. The third kappa shape index (κ3) is 1.69. The quantitative estimate of drug-likeness (QED) is 0.872. The molecule has 4 nitrogen and oxygen atoms in total. The van der Waals surface area contributed by atoms with E-state index in [9.17, 15) is 0 Å². The van der Waals surface area contributed by atoms with Crippen LogP contribution in [-0.2, 0) is 6.54 Å². The normalized spacial score (nSPS) is 31.6. The van der Waals surface area contributed by atoms with Gasteiger partial charge in [0.05, 0.1) is 6.54 Å². The van der Waals surface area contributed by atoms with Gasteiger partial charge in [-0.15, -0.1) is 10.2 Å². The summed E-state index contributed by atoms with van der Waals surface area (Å²) in [4.78, 5) is 0. The molecule has 2 aliphatic carbocycles. The summed E-state index contributed by atoms with van der Waals surface area (Å²) in [5.74, 6) is 4.59. The number of hydrogen-bond donors (Lipinski definition) is 1. The van der Waals surface area contributed by atoms with Gasteiger partial charge < -0.3 is 10.3 Å². The lowest BCUT2D eigenvalue weighted by atomic mass is 10.0. The van der Waals surface area contributed by atoms with Crippen molar-refractivity contribution in [2.75, 3.05) is 0 Å². The van der Waals surface area contributed by atoms with Crippen LogP contribution in [0.3, 0.4) is 0 Å². The maximum Gasteiger partial charge on any atom is 0.147 e. The molecule has 0 aromatic carbocycles. The Balaban J connectivity index is 1.91. The highest BCUT2D eigenvalue weighted by Gasteiger charge is 2.53. The Hall–Kier alpha value is -0.900. The number of nitrogens with two attached hydrogens (primary N) is 1. The molecule has 0 radical (unpaired) electrons. The van der Waals surface area contributed by atoms with Crippen molar-refractivity contribution in [2.45, 2.75) is 58.0 Å². The molecule has 0 bridgehead atoms. The molecule has 2 N–H and O–H groups in total. The molecule has 94 valence electrons. The van der Waals surface area contributed by atoms with Gasteiger partial charge in [0.1, 0.15) is 11.6 Å². The molecule has 2 unspecified atom stereocenters. The maximum atomic E-state index is 5.75. The van der Waals surface area contributed by atoms with E-state index in [1.165, 1.54) is 31.5 Å². The Morgan fingerprint density at radius 3 is 2.41 bits per heavy atom. The highest BCUT2D eigenvalue weighted by Crippen LogP contribution is 2.60. The lowest BCUT2D eigenvalue weighted by Crippen LogP contribution is -2.13. The topological polar surface area (TPSA) is 56.7 Å². The predicted molar refractivity (Wildman–Crippen MR) is 66.5 cm³/mol. The second-order valence-electron chi connectivity index (χ2n) is 5.78. The van der Waals surface area contributed by atoms with E-state index in [0.717, 1.165) is 17.7 Å². The van der Waals surface area contributed by atoms with Gasteiger partial charge in [0.2, 0.25) is 0 Å². The van der Waals surface area contributed by atoms with Gasteiger partial charge in [-0.3, -0.25) is 0 Å². The summed E-state index contributed by atoms with van der Waals surface area (Å²) < 4.78 is 2.27. The van der Waals surface area contributed by atoms with Gasteiger partial charge in [-0.25, -0.2) is 0 Å². The third-order valence-corrected chi connectivity index (χ3v) is 4.45. The minimum atomic E-state index is 0.418. The Morgan fingerprint density at radius 1 is 1.24 bits per heavy atom. The van der Waals surface area contributed by atoms with E-state index in [4.69, 9.17) is 5.73 Å². The Bertz CT molecular complexity index is 398. The molecule has 1 heterocycles. The fourth-order valence-corrected chi connectivity index (χ4v) is 3.64. The van der Waals surface area contributed by atoms with Crippen LogP contribution in [0.2, 0.25) is 0 Å². The molecule has 4 heteroatoms. The van der Waals surface area contributed by atoms with Gasteiger partial charge in [-0.05, 0) is 38.5 Å². The zero-order valence-corrected chi connectivity index (χ0v) is 10.8. The smallest absolute Gasteiger partial charge is 0.147 e. The highest BCUT2D eigenvalue weighted by molar-refractivity contribution is 5.18. The molecule has 2 saturated carbocycles. The monoisotopic (exact) mass is 234 g/mol. The molecule has 0 aliphatic heterocycles. The summed E-state index contributed by atoms with van der Waals surface area (Å²) in [7, 11) is 0. The first kappa shape index (κ1) is 11.2. The largest absolute Gasteiger partial charge is 0.324 e. The Labute approximate surface area is 103 Å². The van der Waals surface area contributed by atoms with Crippen LogP contribution in [0.5, 0.6) is 0 Å². The first-order valence-corrected chi connectivity index (χ1v) is 6.87. The van der Waals surface area contributed by atoms with Crippen LogP contribution < -0.4 is 5.73 Å². The fourth-order valence-electron chi connectivity index (χ4n) is 3.64.